The van der Waals surface area contributed by atoms with Gasteiger partial charge in [0.1, 0.15) is 12.4 Å². The largest absolute Gasteiger partial charge is 0.492 e. The third-order valence-corrected chi connectivity index (χ3v) is 6.14. The van der Waals surface area contributed by atoms with Crippen molar-refractivity contribution in [1.29, 1.82) is 0 Å². The Kier molecular flexibility index (Phi) is 12.7. The van der Waals surface area contributed by atoms with Gasteiger partial charge in [0.2, 0.25) is 0 Å². The standard InChI is InChI=1S/C27H39NO3.ClH/c1-22(19-23-9-5-3-6-10-23)28-17-18-30-26-15-13-24(14-16-26)20-31-27(21-29-2)25-11-7-4-8-12-25;/h3,5-6,9-10,13-16,22,25,27-28H,4,7-8,11-12,17-21H2,1-2H3;1H. The summed E-state index contributed by atoms with van der Waals surface area (Å²) in [5, 5.41) is 3.53. The van der Waals surface area contributed by atoms with Crippen LogP contribution in [0.25, 0.3) is 0 Å². The third-order valence-electron chi connectivity index (χ3n) is 6.14. The molecule has 0 aliphatic heterocycles. The molecule has 0 spiro atoms. The highest BCUT2D eigenvalue weighted by Gasteiger charge is 2.24. The highest BCUT2D eigenvalue weighted by molar-refractivity contribution is 5.85. The Bertz CT molecular complexity index is 719. The summed E-state index contributed by atoms with van der Waals surface area (Å²) in [5.74, 6) is 1.54. The van der Waals surface area contributed by atoms with Gasteiger partial charge in [0.25, 0.3) is 0 Å². The van der Waals surface area contributed by atoms with Crippen LogP contribution >= 0.6 is 12.4 Å². The molecular formula is C27H40ClNO3. The molecule has 1 aliphatic carbocycles. The molecule has 0 aromatic heterocycles. The summed E-state index contributed by atoms with van der Waals surface area (Å²) in [5.41, 5.74) is 2.54. The van der Waals surface area contributed by atoms with E-state index in [0.29, 0.717) is 31.8 Å². The molecule has 32 heavy (non-hydrogen) atoms. The SMILES string of the molecule is COCC(OCc1ccc(OCCNC(C)Cc2ccccc2)cc1)C1CCCCC1.Cl. The van der Waals surface area contributed by atoms with Crippen LogP contribution in [-0.2, 0) is 22.5 Å². The van der Waals surface area contributed by atoms with E-state index < -0.39 is 0 Å². The highest BCUT2D eigenvalue weighted by Crippen LogP contribution is 2.28. The van der Waals surface area contributed by atoms with E-state index in [-0.39, 0.29) is 18.5 Å². The van der Waals surface area contributed by atoms with Gasteiger partial charge in [-0.25, -0.2) is 0 Å². The lowest BCUT2D eigenvalue weighted by Crippen LogP contribution is -2.31. The molecule has 2 unspecified atom stereocenters. The van der Waals surface area contributed by atoms with Gasteiger partial charge in [-0.3, -0.25) is 0 Å². The first kappa shape index (κ1) is 26.7. The zero-order chi connectivity index (χ0) is 21.7. The molecule has 0 bridgehead atoms. The van der Waals surface area contributed by atoms with Gasteiger partial charge in [0, 0.05) is 19.7 Å². The lowest BCUT2D eigenvalue weighted by Gasteiger charge is -2.29. The summed E-state index contributed by atoms with van der Waals surface area (Å²) in [6.45, 7) is 5.02. The van der Waals surface area contributed by atoms with Crippen molar-refractivity contribution in [2.24, 2.45) is 5.92 Å². The number of hydrogen-bond acceptors (Lipinski definition) is 4. The molecule has 2 aromatic rings. The Morgan fingerprint density at radius 2 is 1.66 bits per heavy atom. The molecule has 1 aliphatic rings. The van der Waals surface area contributed by atoms with Gasteiger partial charge in [-0.1, -0.05) is 61.7 Å². The lowest BCUT2D eigenvalue weighted by atomic mass is 9.85. The maximum absolute atomic E-state index is 6.25. The minimum absolute atomic E-state index is 0. The van der Waals surface area contributed by atoms with Gasteiger partial charge in [-0.15, -0.1) is 12.4 Å². The van der Waals surface area contributed by atoms with Crippen LogP contribution in [0.5, 0.6) is 5.75 Å². The number of rotatable bonds is 13. The first-order valence-corrected chi connectivity index (χ1v) is 11.8. The maximum Gasteiger partial charge on any atom is 0.119 e. The van der Waals surface area contributed by atoms with Crippen molar-refractivity contribution in [3.8, 4) is 5.75 Å². The van der Waals surface area contributed by atoms with Crippen LogP contribution in [0.4, 0.5) is 0 Å². The predicted molar refractivity (Wildman–Crippen MR) is 134 cm³/mol. The summed E-state index contributed by atoms with van der Waals surface area (Å²) >= 11 is 0. The van der Waals surface area contributed by atoms with Crippen LogP contribution in [-0.4, -0.2) is 39.0 Å². The summed E-state index contributed by atoms with van der Waals surface area (Å²) in [6, 6.07) is 19.3. The minimum atomic E-state index is 0. The molecule has 0 saturated heterocycles. The van der Waals surface area contributed by atoms with E-state index in [1.54, 1.807) is 7.11 Å². The smallest absolute Gasteiger partial charge is 0.119 e. The van der Waals surface area contributed by atoms with E-state index in [1.165, 1.54) is 43.2 Å². The monoisotopic (exact) mass is 461 g/mol. The molecular weight excluding hydrogens is 422 g/mol. The molecule has 5 heteroatoms. The molecule has 0 amide bonds. The van der Waals surface area contributed by atoms with E-state index in [0.717, 1.165) is 18.7 Å². The van der Waals surface area contributed by atoms with Crippen LogP contribution in [0, 0.1) is 5.92 Å². The van der Waals surface area contributed by atoms with Crippen LogP contribution in [0.1, 0.15) is 50.2 Å². The first-order valence-electron chi connectivity index (χ1n) is 11.8. The van der Waals surface area contributed by atoms with Gasteiger partial charge in [-0.05, 0) is 55.4 Å². The van der Waals surface area contributed by atoms with E-state index in [2.05, 4.69) is 54.7 Å². The molecule has 3 rings (SSSR count). The number of benzene rings is 2. The molecule has 1 N–H and O–H groups in total. The van der Waals surface area contributed by atoms with Crippen molar-refractivity contribution in [3.05, 3.63) is 65.7 Å². The Morgan fingerprint density at radius 1 is 0.938 bits per heavy atom. The van der Waals surface area contributed by atoms with Gasteiger partial charge < -0.3 is 19.5 Å². The van der Waals surface area contributed by atoms with Crippen molar-refractivity contribution >= 4 is 12.4 Å². The van der Waals surface area contributed by atoms with Crippen LogP contribution in [0.15, 0.2) is 54.6 Å². The number of ether oxygens (including phenoxy) is 3. The number of hydrogen-bond donors (Lipinski definition) is 1. The Hall–Kier alpha value is -1.59. The number of nitrogens with one attached hydrogen (secondary N) is 1. The molecule has 1 saturated carbocycles. The molecule has 2 atom stereocenters. The second-order valence-corrected chi connectivity index (χ2v) is 8.74. The molecule has 4 nitrogen and oxygen atoms in total. The van der Waals surface area contributed by atoms with Gasteiger partial charge >= 0.3 is 0 Å². The Balaban J connectivity index is 0.00000363. The van der Waals surface area contributed by atoms with E-state index in [1.807, 2.05) is 12.1 Å². The Morgan fingerprint density at radius 3 is 2.34 bits per heavy atom. The van der Waals surface area contributed by atoms with Crippen molar-refractivity contribution < 1.29 is 14.2 Å². The van der Waals surface area contributed by atoms with Crippen molar-refractivity contribution in [2.75, 3.05) is 26.9 Å². The van der Waals surface area contributed by atoms with Gasteiger partial charge in [-0.2, -0.15) is 0 Å². The summed E-state index contributed by atoms with van der Waals surface area (Å²) in [7, 11) is 1.77. The second kappa shape index (κ2) is 15.3. The minimum Gasteiger partial charge on any atom is -0.492 e. The normalized spacial score (nSPS) is 16.2. The average molecular weight is 462 g/mol. The molecule has 1 fully saturated rings. The lowest BCUT2D eigenvalue weighted by molar-refractivity contribution is -0.0519. The first-order chi connectivity index (χ1) is 15.2. The average Bonchev–Trinajstić information content (AvgIpc) is 2.81. The maximum atomic E-state index is 6.25. The van der Waals surface area contributed by atoms with Gasteiger partial charge in [0.15, 0.2) is 0 Å². The van der Waals surface area contributed by atoms with Crippen molar-refractivity contribution in [2.45, 2.75) is 64.2 Å². The third kappa shape index (κ3) is 9.50. The van der Waals surface area contributed by atoms with E-state index >= 15 is 0 Å². The Labute approximate surface area is 200 Å². The van der Waals surface area contributed by atoms with Crippen LogP contribution in [0.3, 0.4) is 0 Å². The molecule has 0 heterocycles. The van der Waals surface area contributed by atoms with E-state index in [4.69, 9.17) is 14.2 Å². The molecule has 0 radical (unpaired) electrons. The summed E-state index contributed by atoms with van der Waals surface area (Å²) < 4.78 is 17.6. The van der Waals surface area contributed by atoms with Crippen molar-refractivity contribution in [1.82, 2.24) is 5.32 Å². The summed E-state index contributed by atoms with van der Waals surface area (Å²) in [4.78, 5) is 0. The number of methoxy groups -OCH3 is 1. The van der Waals surface area contributed by atoms with Gasteiger partial charge in [0.05, 0.1) is 19.3 Å². The molecule has 2 aromatic carbocycles. The van der Waals surface area contributed by atoms with Crippen LogP contribution in [0.2, 0.25) is 0 Å². The fourth-order valence-electron chi connectivity index (χ4n) is 4.39. The summed E-state index contributed by atoms with van der Waals surface area (Å²) in [6.07, 6.45) is 7.75. The van der Waals surface area contributed by atoms with Crippen molar-refractivity contribution in [3.63, 3.8) is 0 Å². The molecule has 178 valence electrons. The predicted octanol–water partition coefficient (Wildman–Crippen LogP) is 5.82. The fraction of sp³-hybridized carbons (Fsp3) is 0.556. The van der Waals surface area contributed by atoms with Crippen LogP contribution < -0.4 is 10.1 Å². The second-order valence-electron chi connectivity index (χ2n) is 8.74. The highest BCUT2D eigenvalue weighted by atomic mass is 35.5. The zero-order valence-electron chi connectivity index (χ0n) is 19.6. The fourth-order valence-corrected chi connectivity index (χ4v) is 4.39. The topological polar surface area (TPSA) is 39.7 Å². The van der Waals surface area contributed by atoms with E-state index in [9.17, 15) is 0 Å². The number of halogens is 1. The quantitative estimate of drug-likeness (QED) is 0.381. The zero-order valence-corrected chi connectivity index (χ0v) is 20.4.